The van der Waals surface area contributed by atoms with E-state index >= 15 is 0 Å². The van der Waals surface area contributed by atoms with Crippen molar-refractivity contribution in [3.8, 4) is 11.5 Å². The first-order chi connectivity index (χ1) is 11.8. The van der Waals surface area contributed by atoms with Crippen LogP contribution in [0.4, 0.5) is 0 Å². The average molecular weight is 467 g/mol. The minimum atomic E-state index is 0. The number of guanidine groups is 1. The van der Waals surface area contributed by atoms with Gasteiger partial charge in [0.2, 0.25) is 0 Å². The molecule has 0 saturated carbocycles. The van der Waals surface area contributed by atoms with E-state index in [1.807, 2.05) is 18.2 Å². The quantitative estimate of drug-likeness (QED) is 0.225. The third-order valence-corrected chi connectivity index (χ3v) is 3.34. The summed E-state index contributed by atoms with van der Waals surface area (Å²) in [5.74, 6) is 2.18. The van der Waals surface area contributed by atoms with E-state index in [1.165, 1.54) is 0 Å². The molecule has 0 unspecified atom stereocenters. The van der Waals surface area contributed by atoms with Gasteiger partial charge in [-0.1, -0.05) is 12.1 Å². The van der Waals surface area contributed by atoms with E-state index < -0.39 is 0 Å². The Morgan fingerprint density at radius 2 is 1.84 bits per heavy atom. The molecule has 7 nitrogen and oxygen atoms in total. The zero-order chi connectivity index (χ0) is 17.6. The van der Waals surface area contributed by atoms with Crippen molar-refractivity contribution in [3.63, 3.8) is 0 Å². The average Bonchev–Trinajstić information content (AvgIpc) is 2.62. The van der Waals surface area contributed by atoms with Crippen LogP contribution < -0.4 is 20.1 Å². The highest BCUT2D eigenvalue weighted by molar-refractivity contribution is 14.0. The van der Waals surface area contributed by atoms with E-state index in [0.29, 0.717) is 32.1 Å². The van der Waals surface area contributed by atoms with Crippen LogP contribution in [-0.2, 0) is 16.0 Å². The van der Waals surface area contributed by atoms with E-state index in [1.54, 1.807) is 28.4 Å². The second-order valence-corrected chi connectivity index (χ2v) is 4.96. The Hall–Kier alpha value is -1.26. The lowest BCUT2D eigenvalue weighted by atomic mass is 10.2. The predicted octanol–water partition coefficient (Wildman–Crippen LogP) is 2.04. The zero-order valence-corrected chi connectivity index (χ0v) is 17.8. The van der Waals surface area contributed by atoms with Crippen LogP contribution in [0, 0.1) is 0 Å². The molecule has 1 aromatic rings. The fourth-order valence-corrected chi connectivity index (χ4v) is 2.12. The Kier molecular flexibility index (Phi) is 14.3. The highest BCUT2D eigenvalue weighted by Crippen LogP contribution is 2.30. The van der Waals surface area contributed by atoms with E-state index in [2.05, 4.69) is 15.6 Å². The zero-order valence-electron chi connectivity index (χ0n) is 15.5. The molecule has 0 atom stereocenters. The summed E-state index contributed by atoms with van der Waals surface area (Å²) in [6.45, 7) is 3.31. The lowest BCUT2D eigenvalue weighted by Crippen LogP contribution is -2.37. The van der Waals surface area contributed by atoms with Gasteiger partial charge in [-0.25, -0.2) is 0 Å². The number of para-hydroxylation sites is 1. The van der Waals surface area contributed by atoms with Crippen molar-refractivity contribution in [2.24, 2.45) is 4.99 Å². The molecule has 0 spiro atoms. The van der Waals surface area contributed by atoms with Crippen molar-refractivity contribution in [2.45, 2.75) is 13.0 Å². The topological polar surface area (TPSA) is 73.3 Å². The van der Waals surface area contributed by atoms with Crippen LogP contribution in [0.1, 0.15) is 12.0 Å². The summed E-state index contributed by atoms with van der Waals surface area (Å²) >= 11 is 0. The first-order valence-corrected chi connectivity index (χ1v) is 7.97. The van der Waals surface area contributed by atoms with Crippen LogP contribution in [0.15, 0.2) is 23.2 Å². The highest BCUT2D eigenvalue weighted by Gasteiger charge is 2.09. The number of ether oxygens (including phenoxy) is 4. The van der Waals surface area contributed by atoms with Gasteiger partial charge in [-0.2, -0.15) is 0 Å². The molecule has 0 saturated heterocycles. The van der Waals surface area contributed by atoms with E-state index in [9.17, 15) is 0 Å². The maximum atomic E-state index is 5.43. The molecule has 0 amide bonds. The molecule has 8 heteroatoms. The monoisotopic (exact) mass is 467 g/mol. The summed E-state index contributed by atoms with van der Waals surface area (Å²) in [6.07, 6.45) is 0.896. The molecule has 2 N–H and O–H groups in total. The van der Waals surface area contributed by atoms with Gasteiger partial charge in [0.05, 0.1) is 27.4 Å². The van der Waals surface area contributed by atoms with Gasteiger partial charge in [-0.05, 0) is 12.5 Å². The Morgan fingerprint density at radius 3 is 2.48 bits per heavy atom. The largest absolute Gasteiger partial charge is 0.493 e. The summed E-state index contributed by atoms with van der Waals surface area (Å²) in [5, 5.41) is 6.52. The van der Waals surface area contributed by atoms with Crippen LogP contribution in [0.25, 0.3) is 0 Å². The SMILES string of the molecule is CN=C(NCCCOCCOC)NCc1cccc(OC)c1OC.I. The van der Waals surface area contributed by atoms with Crippen molar-refractivity contribution in [3.05, 3.63) is 23.8 Å². The Balaban J connectivity index is 0.00000576. The van der Waals surface area contributed by atoms with Crippen LogP contribution >= 0.6 is 24.0 Å². The second-order valence-electron chi connectivity index (χ2n) is 4.96. The summed E-state index contributed by atoms with van der Waals surface area (Å²) in [5.41, 5.74) is 1.00. The van der Waals surface area contributed by atoms with Crippen LogP contribution in [0.3, 0.4) is 0 Å². The summed E-state index contributed by atoms with van der Waals surface area (Å²) in [6, 6.07) is 5.80. The van der Waals surface area contributed by atoms with Gasteiger partial charge >= 0.3 is 0 Å². The fourth-order valence-electron chi connectivity index (χ4n) is 2.12. The lowest BCUT2D eigenvalue weighted by molar-refractivity contribution is 0.0698. The number of rotatable bonds is 11. The summed E-state index contributed by atoms with van der Waals surface area (Å²) in [4.78, 5) is 4.21. The molecule has 1 aromatic carbocycles. The van der Waals surface area contributed by atoms with E-state index in [-0.39, 0.29) is 24.0 Å². The molecule has 0 fully saturated rings. The molecule has 0 aliphatic heterocycles. The molecule has 144 valence electrons. The number of halogens is 1. The first-order valence-electron chi connectivity index (χ1n) is 7.97. The molecule has 0 aliphatic rings. The van der Waals surface area contributed by atoms with Crippen LogP contribution in [0.2, 0.25) is 0 Å². The van der Waals surface area contributed by atoms with Gasteiger partial charge in [0.15, 0.2) is 17.5 Å². The molecule has 0 aliphatic carbocycles. The number of hydrogen-bond acceptors (Lipinski definition) is 5. The van der Waals surface area contributed by atoms with E-state index in [0.717, 1.165) is 30.2 Å². The second kappa shape index (κ2) is 15.0. The van der Waals surface area contributed by atoms with Gasteiger partial charge in [0.1, 0.15) is 0 Å². The van der Waals surface area contributed by atoms with Crippen molar-refractivity contribution in [1.82, 2.24) is 10.6 Å². The summed E-state index contributed by atoms with van der Waals surface area (Å²) < 4.78 is 21.1. The fraction of sp³-hybridized carbons (Fsp3) is 0.588. The molecule has 0 bridgehead atoms. The van der Waals surface area contributed by atoms with Gasteiger partial charge in [-0.3, -0.25) is 4.99 Å². The molecule has 0 radical (unpaired) electrons. The Labute approximate surface area is 167 Å². The van der Waals surface area contributed by atoms with Gasteiger partial charge in [0.25, 0.3) is 0 Å². The number of nitrogens with zero attached hydrogens (tertiary/aromatic N) is 1. The minimum absolute atomic E-state index is 0. The number of nitrogens with one attached hydrogen (secondary N) is 2. The van der Waals surface area contributed by atoms with Gasteiger partial charge in [-0.15, -0.1) is 24.0 Å². The van der Waals surface area contributed by atoms with Crippen molar-refractivity contribution >= 4 is 29.9 Å². The molecule has 0 heterocycles. The number of hydrogen-bond donors (Lipinski definition) is 2. The molecule has 25 heavy (non-hydrogen) atoms. The van der Waals surface area contributed by atoms with E-state index in [4.69, 9.17) is 18.9 Å². The smallest absolute Gasteiger partial charge is 0.191 e. The number of methoxy groups -OCH3 is 3. The maximum Gasteiger partial charge on any atom is 0.191 e. The third-order valence-electron chi connectivity index (χ3n) is 3.34. The molecule has 0 aromatic heterocycles. The number of aliphatic imine (C=N–C) groups is 1. The highest BCUT2D eigenvalue weighted by atomic mass is 127. The van der Waals surface area contributed by atoms with Gasteiger partial charge < -0.3 is 29.6 Å². The normalized spacial score (nSPS) is 10.8. The van der Waals surface area contributed by atoms with Crippen LogP contribution in [0.5, 0.6) is 11.5 Å². The summed E-state index contributed by atoms with van der Waals surface area (Å²) in [7, 11) is 6.67. The Bertz CT molecular complexity index is 501. The minimum Gasteiger partial charge on any atom is -0.493 e. The van der Waals surface area contributed by atoms with Gasteiger partial charge in [0, 0.05) is 39.4 Å². The lowest BCUT2D eigenvalue weighted by Gasteiger charge is -2.15. The Morgan fingerprint density at radius 1 is 1.04 bits per heavy atom. The standard InChI is InChI=1S/C17H29N3O4.HI/c1-18-17(19-9-6-10-24-12-11-21-2)20-13-14-7-5-8-15(22-3)16(14)23-4;/h5,7-8H,6,9-13H2,1-4H3,(H2,18,19,20);1H. The first kappa shape index (κ1) is 23.7. The van der Waals surface area contributed by atoms with Crippen LogP contribution in [-0.4, -0.2) is 60.7 Å². The maximum absolute atomic E-state index is 5.43. The van der Waals surface area contributed by atoms with Crippen molar-refractivity contribution in [2.75, 3.05) is 54.7 Å². The van der Waals surface area contributed by atoms with Crippen molar-refractivity contribution < 1.29 is 18.9 Å². The molecular formula is C17H30IN3O4. The number of benzene rings is 1. The third kappa shape index (κ3) is 9.13. The molecular weight excluding hydrogens is 437 g/mol. The molecule has 1 rings (SSSR count). The predicted molar refractivity (Wildman–Crippen MR) is 110 cm³/mol. The van der Waals surface area contributed by atoms with Crippen molar-refractivity contribution in [1.29, 1.82) is 0 Å².